The van der Waals surface area contributed by atoms with E-state index in [0.29, 0.717) is 5.69 Å². The van der Waals surface area contributed by atoms with Crippen LogP contribution < -0.4 is 15.5 Å². The lowest BCUT2D eigenvalue weighted by atomic mass is 10.1. The first kappa shape index (κ1) is 17.9. The first-order valence-corrected chi connectivity index (χ1v) is 8.80. The Labute approximate surface area is 152 Å². The predicted molar refractivity (Wildman–Crippen MR) is 99.9 cm³/mol. The van der Waals surface area contributed by atoms with E-state index in [1.54, 1.807) is 0 Å². The molecule has 6 heteroatoms. The molecule has 26 heavy (non-hydrogen) atoms. The molecule has 2 aromatic rings. The van der Waals surface area contributed by atoms with Gasteiger partial charge in [-0.1, -0.05) is 6.07 Å². The highest BCUT2D eigenvalue weighted by atomic mass is 19.1. The minimum absolute atomic E-state index is 0.177. The van der Waals surface area contributed by atoms with E-state index in [0.717, 1.165) is 24.8 Å². The topological polar surface area (TPSA) is 61.4 Å². The monoisotopic (exact) mass is 355 g/mol. The van der Waals surface area contributed by atoms with E-state index in [1.165, 1.54) is 37.5 Å². The van der Waals surface area contributed by atoms with Crippen LogP contribution in [0.25, 0.3) is 0 Å². The Balaban J connectivity index is 1.49. The van der Waals surface area contributed by atoms with E-state index < -0.39 is 11.7 Å². The largest absolute Gasteiger partial charge is 0.372 e. The molecule has 0 unspecified atom stereocenters. The molecule has 1 aliphatic heterocycles. The molecule has 0 aliphatic carbocycles. The molecule has 136 valence electrons. The van der Waals surface area contributed by atoms with Crippen molar-refractivity contribution in [1.82, 2.24) is 5.32 Å². The van der Waals surface area contributed by atoms with Crippen LogP contribution in [0.3, 0.4) is 0 Å². The molecule has 3 rings (SSSR count). The fraction of sp³-hybridized carbons (Fsp3) is 0.300. The summed E-state index contributed by atoms with van der Waals surface area (Å²) in [4.78, 5) is 26.2. The highest BCUT2D eigenvalue weighted by Gasteiger charge is 2.12. The summed E-state index contributed by atoms with van der Waals surface area (Å²) in [5, 5.41) is 5.23. The van der Waals surface area contributed by atoms with Crippen molar-refractivity contribution >= 4 is 23.2 Å². The SMILES string of the molecule is O=C(CNC(=O)c1cccc(F)c1)Nc1ccc(N2CCCCC2)cc1. The molecule has 1 saturated heterocycles. The van der Waals surface area contributed by atoms with Gasteiger partial charge in [0.25, 0.3) is 5.91 Å². The molecule has 0 atom stereocenters. The number of carbonyl (C=O) groups excluding carboxylic acids is 2. The normalized spacial score (nSPS) is 14.0. The van der Waals surface area contributed by atoms with Gasteiger partial charge in [0.15, 0.2) is 0 Å². The predicted octanol–water partition coefficient (Wildman–Crippen LogP) is 3.18. The zero-order valence-corrected chi connectivity index (χ0v) is 14.5. The maximum Gasteiger partial charge on any atom is 0.251 e. The zero-order chi connectivity index (χ0) is 18.4. The second kappa shape index (κ2) is 8.47. The van der Waals surface area contributed by atoms with Gasteiger partial charge in [0.05, 0.1) is 6.54 Å². The summed E-state index contributed by atoms with van der Waals surface area (Å²) in [7, 11) is 0. The summed E-state index contributed by atoms with van der Waals surface area (Å²) < 4.78 is 13.1. The summed E-state index contributed by atoms with van der Waals surface area (Å²) >= 11 is 0. The molecule has 5 nitrogen and oxygen atoms in total. The van der Waals surface area contributed by atoms with E-state index in [1.807, 2.05) is 24.3 Å². The fourth-order valence-corrected chi connectivity index (χ4v) is 3.01. The van der Waals surface area contributed by atoms with E-state index in [4.69, 9.17) is 0 Å². The van der Waals surface area contributed by atoms with Crippen molar-refractivity contribution in [3.63, 3.8) is 0 Å². The first-order valence-electron chi connectivity index (χ1n) is 8.80. The number of rotatable bonds is 5. The molecule has 0 spiro atoms. The van der Waals surface area contributed by atoms with Crippen LogP contribution in [0, 0.1) is 5.82 Å². The molecule has 1 heterocycles. The zero-order valence-electron chi connectivity index (χ0n) is 14.5. The van der Waals surface area contributed by atoms with Gasteiger partial charge in [-0.2, -0.15) is 0 Å². The number of piperidine rings is 1. The van der Waals surface area contributed by atoms with Gasteiger partial charge in [-0.3, -0.25) is 9.59 Å². The van der Waals surface area contributed by atoms with Crippen molar-refractivity contribution in [3.05, 3.63) is 59.9 Å². The van der Waals surface area contributed by atoms with E-state index >= 15 is 0 Å². The maximum absolute atomic E-state index is 13.1. The number of halogens is 1. The summed E-state index contributed by atoms with van der Waals surface area (Å²) in [6, 6.07) is 13.0. The van der Waals surface area contributed by atoms with Gasteiger partial charge in [0.1, 0.15) is 5.82 Å². The Bertz CT molecular complexity index is 771. The number of benzene rings is 2. The van der Waals surface area contributed by atoms with Gasteiger partial charge < -0.3 is 15.5 Å². The van der Waals surface area contributed by atoms with Crippen molar-refractivity contribution in [3.8, 4) is 0 Å². The van der Waals surface area contributed by atoms with Crippen molar-refractivity contribution < 1.29 is 14.0 Å². The highest BCUT2D eigenvalue weighted by Crippen LogP contribution is 2.21. The Morgan fingerprint density at radius 1 is 1.00 bits per heavy atom. The van der Waals surface area contributed by atoms with Crippen molar-refractivity contribution in [1.29, 1.82) is 0 Å². The summed E-state index contributed by atoms with van der Waals surface area (Å²) in [6.07, 6.45) is 3.71. The first-order chi connectivity index (χ1) is 12.6. The molecule has 1 fully saturated rings. The number of nitrogens with one attached hydrogen (secondary N) is 2. The second-order valence-corrected chi connectivity index (χ2v) is 6.34. The second-order valence-electron chi connectivity index (χ2n) is 6.34. The van der Waals surface area contributed by atoms with E-state index in [-0.39, 0.29) is 18.0 Å². The average molecular weight is 355 g/mol. The van der Waals surface area contributed by atoms with Crippen molar-refractivity contribution in [2.75, 3.05) is 29.9 Å². The molecule has 0 saturated carbocycles. The molecule has 2 aromatic carbocycles. The number of nitrogens with zero attached hydrogens (tertiary/aromatic N) is 1. The smallest absolute Gasteiger partial charge is 0.251 e. The Morgan fingerprint density at radius 3 is 2.42 bits per heavy atom. The Hall–Kier alpha value is -2.89. The number of anilines is 2. The lowest BCUT2D eigenvalue weighted by molar-refractivity contribution is -0.115. The van der Waals surface area contributed by atoms with Gasteiger partial charge in [-0.25, -0.2) is 4.39 Å². The van der Waals surface area contributed by atoms with Crippen molar-refractivity contribution in [2.24, 2.45) is 0 Å². The number of hydrogen-bond donors (Lipinski definition) is 2. The van der Waals surface area contributed by atoms with Gasteiger partial charge in [-0.15, -0.1) is 0 Å². The maximum atomic E-state index is 13.1. The van der Waals surface area contributed by atoms with E-state index in [9.17, 15) is 14.0 Å². The number of amides is 2. The third kappa shape index (κ3) is 4.81. The molecule has 2 N–H and O–H groups in total. The lowest BCUT2D eigenvalue weighted by Crippen LogP contribution is -2.33. The van der Waals surface area contributed by atoms with Crippen LogP contribution >= 0.6 is 0 Å². The Kier molecular flexibility index (Phi) is 5.84. The minimum Gasteiger partial charge on any atom is -0.372 e. The van der Waals surface area contributed by atoms with Gasteiger partial charge in [0.2, 0.25) is 5.91 Å². The van der Waals surface area contributed by atoms with Gasteiger partial charge >= 0.3 is 0 Å². The number of carbonyl (C=O) groups is 2. The molecular formula is C20H22FN3O2. The summed E-state index contributed by atoms with van der Waals surface area (Å²) in [5.41, 5.74) is 2.02. The average Bonchev–Trinajstić information content (AvgIpc) is 2.67. The van der Waals surface area contributed by atoms with E-state index in [2.05, 4.69) is 15.5 Å². The van der Waals surface area contributed by atoms with Crippen LogP contribution in [0.15, 0.2) is 48.5 Å². The quantitative estimate of drug-likeness (QED) is 0.866. The third-order valence-corrected chi connectivity index (χ3v) is 4.37. The lowest BCUT2D eigenvalue weighted by Gasteiger charge is -2.28. The van der Waals surface area contributed by atoms with Crippen LogP contribution in [0.4, 0.5) is 15.8 Å². The molecular weight excluding hydrogens is 333 g/mol. The minimum atomic E-state index is -0.490. The number of hydrogen-bond acceptors (Lipinski definition) is 3. The molecule has 0 aromatic heterocycles. The molecule has 2 amide bonds. The van der Waals surface area contributed by atoms with Crippen LogP contribution in [0.1, 0.15) is 29.6 Å². The third-order valence-electron chi connectivity index (χ3n) is 4.37. The van der Waals surface area contributed by atoms with Crippen LogP contribution in [0.5, 0.6) is 0 Å². The van der Waals surface area contributed by atoms with Gasteiger partial charge in [0, 0.05) is 30.0 Å². The standard InChI is InChI=1S/C20H22FN3O2/c21-16-6-4-5-15(13-16)20(26)22-14-19(25)23-17-7-9-18(10-8-17)24-11-2-1-3-12-24/h4-10,13H,1-3,11-12,14H2,(H,22,26)(H,23,25). The summed E-state index contributed by atoms with van der Waals surface area (Å²) in [5.74, 6) is -1.31. The molecule has 0 bridgehead atoms. The molecule has 1 aliphatic rings. The molecule has 0 radical (unpaired) electrons. The Morgan fingerprint density at radius 2 is 1.73 bits per heavy atom. The summed E-state index contributed by atoms with van der Waals surface area (Å²) in [6.45, 7) is 1.96. The highest BCUT2D eigenvalue weighted by molar-refractivity contribution is 5.99. The van der Waals surface area contributed by atoms with Crippen LogP contribution in [0.2, 0.25) is 0 Å². The van der Waals surface area contributed by atoms with Crippen molar-refractivity contribution in [2.45, 2.75) is 19.3 Å². The van der Waals surface area contributed by atoms with Crippen LogP contribution in [-0.2, 0) is 4.79 Å². The fourth-order valence-electron chi connectivity index (χ4n) is 3.01. The van der Waals surface area contributed by atoms with Gasteiger partial charge in [-0.05, 0) is 61.7 Å². The van der Waals surface area contributed by atoms with Crippen LogP contribution in [-0.4, -0.2) is 31.4 Å².